The summed E-state index contributed by atoms with van der Waals surface area (Å²) in [6.07, 6.45) is 3.30. The van der Waals surface area contributed by atoms with Crippen molar-refractivity contribution in [3.05, 3.63) is 69.1 Å². The molecule has 0 atom stereocenters. The average molecular weight is 490 g/mol. The molecule has 2 aliphatic rings. The number of nitrogens with zero attached hydrogens (tertiary/aromatic N) is 2. The van der Waals surface area contributed by atoms with Gasteiger partial charge in [-0.15, -0.1) is 0 Å². The lowest BCUT2D eigenvalue weighted by molar-refractivity contribution is -0.358. The zero-order valence-electron chi connectivity index (χ0n) is 12.8. The SMILES string of the molecule is COc1cc(C2=C3C=CC(Br)=[N+]3[B-](F)(F)n3c(Br)ccc32)ccc1Cl. The van der Waals surface area contributed by atoms with Crippen LogP contribution in [0.3, 0.4) is 0 Å². The van der Waals surface area contributed by atoms with Crippen LogP contribution in [0.25, 0.3) is 5.57 Å². The number of halogens is 5. The van der Waals surface area contributed by atoms with Gasteiger partial charge in [0, 0.05) is 33.8 Å². The van der Waals surface area contributed by atoms with Crippen molar-refractivity contribution in [1.29, 1.82) is 0 Å². The maximum atomic E-state index is 15.1. The second-order valence-corrected chi connectivity index (χ2v) is 7.67. The number of methoxy groups -OCH3 is 1. The van der Waals surface area contributed by atoms with E-state index in [0.717, 1.165) is 14.5 Å². The summed E-state index contributed by atoms with van der Waals surface area (Å²) in [4.78, 5) is 0. The number of allylic oxidation sites excluding steroid dienone is 2. The van der Waals surface area contributed by atoms with Crippen LogP contribution >= 0.6 is 43.5 Å². The Kier molecular flexibility index (Phi) is 3.97. The summed E-state index contributed by atoms with van der Waals surface area (Å²) in [6.45, 7) is -4.02. The van der Waals surface area contributed by atoms with Gasteiger partial charge in [-0.3, -0.25) is 0 Å². The van der Waals surface area contributed by atoms with E-state index in [2.05, 4.69) is 31.9 Å². The highest BCUT2D eigenvalue weighted by Crippen LogP contribution is 2.43. The Hall–Kier alpha value is -1.38. The van der Waals surface area contributed by atoms with E-state index in [-0.39, 0.29) is 0 Å². The fraction of sp³-hybridized carbons (Fsp3) is 0.0625. The highest BCUT2D eigenvalue weighted by atomic mass is 79.9. The Morgan fingerprint density at radius 2 is 1.92 bits per heavy atom. The quantitative estimate of drug-likeness (QED) is 0.524. The molecule has 3 nitrogen and oxygen atoms in total. The van der Waals surface area contributed by atoms with Gasteiger partial charge in [-0.25, -0.2) is 0 Å². The summed E-state index contributed by atoms with van der Waals surface area (Å²) in [5.41, 5.74) is 2.28. The van der Waals surface area contributed by atoms with Crippen molar-refractivity contribution in [3.63, 3.8) is 0 Å². The Balaban J connectivity index is 2.07. The predicted octanol–water partition coefficient (Wildman–Crippen LogP) is 5.28. The van der Waals surface area contributed by atoms with Gasteiger partial charge < -0.3 is 22.3 Å². The maximum absolute atomic E-state index is 15.1. The van der Waals surface area contributed by atoms with Gasteiger partial charge >= 0.3 is 6.97 Å². The van der Waals surface area contributed by atoms with E-state index < -0.39 is 6.97 Å². The van der Waals surface area contributed by atoms with Crippen LogP contribution in [0.4, 0.5) is 8.63 Å². The van der Waals surface area contributed by atoms with Gasteiger partial charge in [0.25, 0.3) is 0 Å². The monoisotopic (exact) mass is 488 g/mol. The predicted molar refractivity (Wildman–Crippen MR) is 103 cm³/mol. The first-order valence-corrected chi connectivity index (χ1v) is 9.30. The molecule has 2 aromatic rings. The number of rotatable bonds is 2. The number of benzene rings is 1. The van der Waals surface area contributed by atoms with E-state index in [1.807, 2.05) is 0 Å². The summed E-state index contributed by atoms with van der Waals surface area (Å²) in [5, 5.41) is 0.463. The van der Waals surface area contributed by atoms with Crippen molar-refractivity contribution in [2.24, 2.45) is 0 Å². The Labute approximate surface area is 164 Å². The van der Waals surface area contributed by atoms with Crippen LogP contribution in [0.5, 0.6) is 5.75 Å². The standard InChI is InChI=1S/C16H10BBr2ClF2N2O/c1-25-13-8-9(2-3-10(13)20)16-11-4-6-14(18)23(11)17(21,22)24-12(16)5-7-15(24)19/h2-8H,1H3. The molecule has 0 spiro atoms. The topological polar surface area (TPSA) is 17.2 Å². The second kappa shape index (κ2) is 5.82. The number of aromatic nitrogens is 1. The summed E-state index contributed by atoms with van der Waals surface area (Å²) in [7, 11) is 1.52. The Morgan fingerprint density at radius 3 is 2.64 bits per heavy atom. The van der Waals surface area contributed by atoms with Crippen molar-refractivity contribution in [1.82, 2.24) is 4.48 Å². The molecule has 3 heterocycles. The van der Waals surface area contributed by atoms with Crippen LogP contribution in [0.15, 0.2) is 52.8 Å². The van der Waals surface area contributed by atoms with Crippen LogP contribution in [-0.2, 0) is 0 Å². The zero-order valence-corrected chi connectivity index (χ0v) is 16.7. The van der Waals surface area contributed by atoms with Crippen molar-refractivity contribution in [3.8, 4) is 5.75 Å². The van der Waals surface area contributed by atoms with Crippen LogP contribution in [0.1, 0.15) is 11.3 Å². The third-order valence-corrected chi connectivity index (χ3v) is 5.92. The van der Waals surface area contributed by atoms with Crippen LogP contribution < -0.4 is 4.74 Å². The highest BCUT2D eigenvalue weighted by Gasteiger charge is 2.54. The van der Waals surface area contributed by atoms with Crippen molar-refractivity contribution >= 4 is 60.6 Å². The molecule has 0 saturated carbocycles. The molecule has 0 bridgehead atoms. The lowest BCUT2D eigenvalue weighted by atomic mass is 9.86. The number of ether oxygens (including phenoxy) is 1. The first kappa shape index (κ1) is 17.1. The molecule has 0 N–H and O–H groups in total. The van der Waals surface area contributed by atoms with E-state index in [4.69, 9.17) is 16.3 Å². The van der Waals surface area contributed by atoms with Gasteiger partial charge in [0.05, 0.1) is 22.3 Å². The third kappa shape index (κ3) is 2.38. The largest absolute Gasteiger partial charge is 0.738 e. The van der Waals surface area contributed by atoms with E-state index in [1.54, 1.807) is 42.5 Å². The molecular weight excluding hydrogens is 480 g/mol. The van der Waals surface area contributed by atoms with E-state index >= 15 is 8.63 Å². The van der Waals surface area contributed by atoms with Crippen LogP contribution in [0.2, 0.25) is 5.02 Å². The van der Waals surface area contributed by atoms with Gasteiger partial charge in [-0.2, -0.15) is 0 Å². The minimum Gasteiger partial charge on any atom is -0.495 e. The molecule has 25 heavy (non-hydrogen) atoms. The van der Waals surface area contributed by atoms with Crippen LogP contribution in [-0.4, -0.2) is 27.7 Å². The molecule has 0 radical (unpaired) electrons. The summed E-state index contributed by atoms with van der Waals surface area (Å²) < 4.78 is 38.3. The van der Waals surface area contributed by atoms with Gasteiger partial charge in [-0.05, 0) is 45.8 Å². The summed E-state index contributed by atoms with van der Waals surface area (Å²) in [5.74, 6) is 0.490. The minimum atomic E-state index is -4.02. The van der Waals surface area contributed by atoms with Crippen molar-refractivity contribution in [2.75, 3.05) is 7.11 Å². The fourth-order valence-corrected chi connectivity index (χ4v) is 4.58. The zero-order chi connectivity index (χ0) is 17.9. The molecule has 0 amide bonds. The molecule has 1 aromatic carbocycles. The van der Waals surface area contributed by atoms with Gasteiger partial charge in [0.2, 0.25) is 4.62 Å². The molecule has 2 aliphatic heterocycles. The van der Waals surface area contributed by atoms with Crippen molar-refractivity contribution < 1.29 is 17.9 Å². The third-order valence-electron chi connectivity index (χ3n) is 4.31. The van der Waals surface area contributed by atoms with Crippen LogP contribution in [0, 0.1) is 0 Å². The minimum absolute atomic E-state index is 0.317. The van der Waals surface area contributed by atoms with E-state index in [0.29, 0.717) is 37.0 Å². The van der Waals surface area contributed by atoms with E-state index in [1.165, 1.54) is 7.11 Å². The lowest BCUT2D eigenvalue weighted by Gasteiger charge is -2.32. The molecule has 9 heteroatoms. The molecule has 128 valence electrons. The molecule has 4 rings (SSSR count). The normalized spacial score (nSPS) is 17.8. The average Bonchev–Trinajstić information content (AvgIpc) is 3.14. The van der Waals surface area contributed by atoms with Gasteiger partial charge in [0.1, 0.15) is 5.75 Å². The van der Waals surface area contributed by atoms with E-state index in [9.17, 15) is 0 Å². The summed E-state index contributed by atoms with van der Waals surface area (Å²) >= 11 is 12.6. The first-order chi connectivity index (χ1) is 11.9. The second-order valence-electron chi connectivity index (χ2n) is 5.64. The highest BCUT2D eigenvalue weighted by molar-refractivity contribution is 9.18. The number of fused-ring (bicyclic) bond motifs is 2. The van der Waals surface area contributed by atoms with Gasteiger partial charge in [-0.1, -0.05) is 17.7 Å². The molecule has 0 aliphatic carbocycles. The first-order valence-electron chi connectivity index (χ1n) is 7.34. The van der Waals surface area contributed by atoms with Crippen molar-refractivity contribution in [2.45, 2.75) is 0 Å². The van der Waals surface area contributed by atoms with Gasteiger partial charge in [0.15, 0.2) is 5.70 Å². The molecule has 1 aromatic heterocycles. The molecular formula is C16H10BBr2ClF2N2O. The lowest BCUT2D eigenvalue weighted by Crippen LogP contribution is -2.50. The summed E-state index contributed by atoms with van der Waals surface area (Å²) in [6, 6.07) is 8.56. The molecule has 0 unspecified atom stereocenters. The number of hydrogen-bond acceptors (Lipinski definition) is 1. The Bertz CT molecular complexity index is 1010. The fourth-order valence-electron chi connectivity index (χ4n) is 3.24. The Morgan fingerprint density at radius 1 is 1.16 bits per heavy atom. The smallest absolute Gasteiger partial charge is 0.495 e. The number of hydrogen-bond donors (Lipinski definition) is 0. The molecule has 0 saturated heterocycles. The maximum Gasteiger partial charge on any atom is 0.738 e. The molecule has 0 fully saturated rings.